The lowest BCUT2D eigenvalue weighted by Gasteiger charge is -2.59. The molecule has 4 bridgehead atoms. The summed E-state index contributed by atoms with van der Waals surface area (Å²) in [4.78, 5) is 17.6. The van der Waals surface area contributed by atoms with Crippen LogP contribution in [0.3, 0.4) is 0 Å². The van der Waals surface area contributed by atoms with Gasteiger partial charge < -0.3 is 5.32 Å². The lowest BCUT2D eigenvalue weighted by molar-refractivity contribution is -0.142. The van der Waals surface area contributed by atoms with E-state index in [4.69, 9.17) is 0 Å². The lowest BCUT2D eigenvalue weighted by Crippen LogP contribution is -2.56. The number of fused-ring (bicyclic) bond motifs is 1. The summed E-state index contributed by atoms with van der Waals surface area (Å²) in [7, 11) is 0. The fourth-order valence-corrected chi connectivity index (χ4v) is 7.58. The van der Waals surface area contributed by atoms with Gasteiger partial charge in [0.2, 0.25) is 0 Å². The number of nitrogens with one attached hydrogen (secondary N) is 1. The van der Waals surface area contributed by atoms with Crippen LogP contribution in [0.2, 0.25) is 0 Å². The number of halogens is 4. The molecule has 4 aliphatic rings. The molecule has 0 radical (unpaired) electrons. The minimum atomic E-state index is -4.72. The summed E-state index contributed by atoms with van der Waals surface area (Å²) in [6.45, 7) is 2.06. The number of alkyl halides is 3. The predicted molar refractivity (Wildman–Crippen MR) is 126 cm³/mol. The third-order valence-corrected chi connectivity index (χ3v) is 8.63. The molecule has 2 aromatic heterocycles. The summed E-state index contributed by atoms with van der Waals surface area (Å²) in [5, 5.41) is 7.17. The van der Waals surface area contributed by atoms with Crippen LogP contribution in [0.4, 0.5) is 17.6 Å². The Morgan fingerprint density at radius 2 is 1.69 bits per heavy atom. The zero-order valence-corrected chi connectivity index (χ0v) is 20.0. The van der Waals surface area contributed by atoms with Crippen LogP contribution in [0, 0.1) is 29.0 Å². The SMILES string of the molecule is CCC(NC(=O)c1cc2nc(-c3ccc(F)cc3)cc(C(F)(F)F)n2n1)C12CC3CC(CC(C3)C1)C2. The minimum Gasteiger partial charge on any atom is -0.347 e. The van der Waals surface area contributed by atoms with Crippen LogP contribution in [0.5, 0.6) is 0 Å². The van der Waals surface area contributed by atoms with Crippen molar-refractivity contribution in [3.8, 4) is 11.3 Å². The number of hydrogen-bond acceptors (Lipinski definition) is 3. The van der Waals surface area contributed by atoms with E-state index in [9.17, 15) is 22.4 Å². The minimum absolute atomic E-state index is 0.0293. The number of nitrogens with zero attached hydrogens (tertiary/aromatic N) is 3. The quantitative estimate of drug-likeness (QED) is 0.420. The van der Waals surface area contributed by atoms with E-state index in [0.717, 1.165) is 49.5 Å². The van der Waals surface area contributed by atoms with E-state index < -0.39 is 23.6 Å². The standard InChI is InChI=1S/C27H28F4N4O/c1-2-22(26-12-15-7-16(13-26)9-17(8-15)14-26)33-25(36)21-11-24-32-20(18-3-5-19(28)6-4-18)10-23(27(29,30)31)35(24)34-21/h3-6,10-11,15-17,22H,2,7-9,12-14H2,1H3,(H,33,36). The Kier molecular flexibility index (Phi) is 5.39. The number of amides is 1. The van der Waals surface area contributed by atoms with Crippen LogP contribution in [-0.4, -0.2) is 26.5 Å². The highest BCUT2D eigenvalue weighted by Gasteiger charge is 2.54. The summed E-state index contributed by atoms with van der Waals surface area (Å²) in [6, 6.07) is 7.21. The molecule has 4 saturated carbocycles. The molecule has 5 nitrogen and oxygen atoms in total. The van der Waals surface area contributed by atoms with Gasteiger partial charge in [-0.3, -0.25) is 4.79 Å². The Morgan fingerprint density at radius 1 is 1.08 bits per heavy atom. The van der Waals surface area contributed by atoms with Crippen LogP contribution in [0.15, 0.2) is 36.4 Å². The van der Waals surface area contributed by atoms with Crippen molar-refractivity contribution >= 4 is 11.6 Å². The molecular weight excluding hydrogens is 472 g/mol. The molecule has 36 heavy (non-hydrogen) atoms. The van der Waals surface area contributed by atoms with Gasteiger partial charge in [-0.25, -0.2) is 13.9 Å². The molecule has 0 aliphatic heterocycles. The predicted octanol–water partition coefficient (Wildman–Crippen LogP) is 6.28. The van der Waals surface area contributed by atoms with Crippen LogP contribution in [0.1, 0.15) is 68.1 Å². The molecule has 1 N–H and O–H groups in total. The van der Waals surface area contributed by atoms with Gasteiger partial charge >= 0.3 is 6.18 Å². The van der Waals surface area contributed by atoms with Crippen molar-refractivity contribution in [2.24, 2.45) is 23.2 Å². The first-order valence-electron chi connectivity index (χ1n) is 12.7. The van der Waals surface area contributed by atoms with E-state index in [1.165, 1.54) is 49.6 Å². The average Bonchev–Trinajstić information content (AvgIpc) is 3.25. The van der Waals surface area contributed by atoms with Gasteiger partial charge in [0.1, 0.15) is 5.82 Å². The van der Waals surface area contributed by atoms with E-state index >= 15 is 0 Å². The van der Waals surface area contributed by atoms with E-state index in [0.29, 0.717) is 10.1 Å². The molecule has 190 valence electrons. The van der Waals surface area contributed by atoms with Crippen LogP contribution >= 0.6 is 0 Å². The van der Waals surface area contributed by atoms with Crippen molar-refractivity contribution in [1.82, 2.24) is 19.9 Å². The Labute approximate surface area is 206 Å². The molecule has 7 rings (SSSR count). The van der Waals surface area contributed by atoms with E-state index in [-0.39, 0.29) is 28.5 Å². The molecule has 3 aromatic rings. The molecule has 2 heterocycles. The van der Waals surface area contributed by atoms with Gasteiger partial charge in [-0.15, -0.1) is 0 Å². The molecule has 9 heteroatoms. The summed E-state index contributed by atoms with van der Waals surface area (Å²) in [6.07, 6.45) is 3.26. The van der Waals surface area contributed by atoms with Gasteiger partial charge in [-0.05, 0) is 98.4 Å². The Hall–Kier alpha value is -2.97. The number of aromatic nitrogens is 3. The van der Waals surface area contributed by atoms with E-state index in [2.05, 4.69) is 22.3 Å². The molecule has 1 aromatic carbocycles. The third-order valence-electron chi connectivity index (χ3n) is 8.63. The molecular formula is C27H28F4N4O. The maximum Gasteiger partial charge on any atom is 0.433 e. The topological polar surface area (TPSA) is 59.3 Å². The monoisotopic (exact) mass is 500 g/mol. The molecule has 1 amide bonds. The first kappa shape index (κ1) is 23.4. The molecule has 1 unspecified atom stereocenters. The Morgan fingerprint density at radius 3 is 2.25 bits per heavy atom. The number of benzene rings is 1. The Balaban J connectivity index is 1.33. The van der Waals surface area contributed by atoms with Crippen molar-refractivity contribution in [2.45, 2.75) is 64.1 Å². The second-order valence-electron chi connectivity index (χ2n) is 11.0. The molecule has 0 spiro atoms. The Bertz CT molecular complexity index is 1280. The summed E-state index contributed by atoms with van der Waals surface area (Å²) in [5.41, 5.74) is -0.779. The summed E-state index contributed by atoms with van der Waals surface area (Å²) < 4.78 is 55.8. The molecule has 4 aliphatic carbocycles. The van der Waals surface area contributed by atoms with Gasteiger partial charge in [-0.1, -0.05) is 6.92 Å². The van der Waals surface area contributed by atoms with Crippen molar-refractivity contribution in [2.75, 3.05) is 0 Å². The number of carbonyl (C=O) groups is 1. The number of hydrogen-bond donors (Lipinski definition) is 1. The molecule has 4 fully saturated rings. The van der Waals surface area contributed by atoms with Crippen molar-refractivity contribution < 1.29 is 22.4 Å². The maximum absolute atomic E-state index is 13.9. The normalized spacial score (nSPS) is 28.0. The van der Waals surface area contributed by atoms with Gasteiger partial charge in [0.05, 0.1) is 5.69 Å². The first-order valence-corrected chi connectivity index (χ1v) is 12.7. The maximum atomic E-state index is 13.9. The van der Waals surface area contributed by atoms with Crippen molar-refractivity contribution in [1.29, 1.82) is 0 Å². The fourth-order valence-electron chi connectivity index (χ4n) is 7.58. The number of rotatable bonds is 5. The fraction of sp³-hybridized carbons (Fsp3) is 0.519. The zero-order valence-electron chi connectivity index (χ0n) is 20.0. The highest BCUT2D eigenvalue weighted by atomic mass is 19.4. The van der Waals surface area contributed by atoms with E-state index in [1.54, 1.807) is 0 Å². The van der Waals surface area contributed by atoms with Crippen LogP contribution in [0.25, 0.3) is 16.9 Å². The second kappa shape index (κ2) is 8.28. The average molecular weight is 501 g/mol. The largest absolute Gasteiger partial charge is 0.433 e. The van der Waals surface area contributed by atoms with Crippen molar-refractivity contribution in [3.05, 3.63) is 53.6 Å². The van der Waals surface area contributed by atoms with Crippen LogP contribution in [-0.2, 0) is 6.18 Å². The highest BCUT2D eigenvalue weighted by molar-refractivity contribution is 5.93. The smallest absolute Gasteiger partial charge is 0.347 e. The second-order valence-corrected chi connectivity index (χ2v) is 11.0. The van der Waals surface area contributed by atoms with Crippen molar-refractivity contribution in [3.63, 3.8) is 0 Å². The lowest BCUT2D eigenvalue weighted by atomic mass is 9.47. The third kappa shape index (κ3) is 3.96. The van der Waals surface area contributed by atoms with Crippen LogP contribution < -0.4 is 5.32 Å². The molecule has 1 atom stereocenters. The number of carbonyl (C=O) groups excluding carboxylic acids is 1. The van der Waals surface area contributed by atoms with Gasteiger partial charge in [-0.2, -0.15) is 18.3 Å². The van der Waals surface area contributed by atoms with Gasteiger partial charge in [0.25, 0.3) is 5.91 Å². The first-order chi connectivity index (χ1) is 17.1. The zero-order chi connectivity index (χ0) is 25.2. The molecule has 0 saturated heterocycles. The summed E-state index contributed by atoms with van der Waals surface area (Å²) >= 11 is 0. The van der Waals surface area contributed by atoms with Gasteiger partial charge in [0, 0.05) is 17.7 Å². The highest BCUT2D eigenvalue weighted by Crippen LogP contribution is 2.61. The summed E-state index contributed by atoms with van der Waals surface area (Å²) in [5.74, 6) is 1.20. The van der Waals surface area contributed by atoms with E-state index in [1.807, 2.05) is 0 Å². The van der Waals surface area contributed by atoms with Gasteiger partial charge in [0.15, 0.2) is 17.0 Å².